The molecule has 0 bridgehead atoms. The van der Waals surface area contributed by atoms with Crippen LogP contribution < -0.4 is 5.32 Å². The predicted molar refractivity (Wildman–Crippen MR) is 94.4 cm³/mol. The first-order valence-corrected chi connectivity index (χ1v) is 10.0. The Balaban J connectivity index is 1.32. The van der Waals surface area contributed by atoms with Crippen LogP contribution in [0.5, 0.6) is 0 Å². The van der Waals surface area contributed by atoms with E-state index in [1.165, 1.54) is 64.6 Å². The Morgan fingerprint density at radius 2 is 1.65 bits per heavy atom. The van der Waals surface area contributed by atoms with Gasteiger partial charge in [-0.05, 0) is 44.2 Å². The summed E-state index contributed by atoms with van der Waals surface area (Å²) in [6.07, 6.45) is 11.5. The quantitative estimate of drug-likeness (QED) is 0.845. The molecule has 0 aromatic carbocycles. The van der Waals surface area contributed by atoms with Crippen molar-refractivity contribution in [2.75, 3.05) is 45.8 Å². The molecule has 4 heteroatoms. The fraction of sp³-hybridized carbons (Fsp3) is 0.947. The molecule has 3 aliphatic rings. The lowest BCUT2D eigenvalue weighted by molar-refractivity contribution is -0.133. The van der Waals surface area contributed by atoms with Crippen LogP contribution in [0.2, 0.25) is 0 Å². The lowest BCUT2D eigenvalue weighted by Gasteiger charge is -2.37. The van der Waals surface area contributed by atoms with Crippen LogP contribution in [0.1, 0.15) is 57.8 Å². The second kappa shape index (κ2) is 9.03. The molecule has 3 rings (SSSR count). The van der Waals surface area contributed by atoms with E-state index in [2.05, 4.69) is 15.1 Å². The van der Waals surface area contributed by atoms with Gasteiger partial charge in [-0.3, -0.25) is 9.69 Å². The van der Waals surface area contributed by atoms with Crippen molar-refractivity contribution in [2.45, 2.75) is 57.8 Å². The summed E-state index contributed by atoms with van der Waals surface area (Å²) in [4.78, 5) is 17.1. The number of amides is 1. The highest BCUT2D eigenvalue weighted by Gasteiger charge is 2.24. The Labute approximate surface area is 142 Å². The standard InChI is InChI=1S/C19H35N3O/c23-19(9-8-17-5-2-1-3-6-17)22-13-11-21(12-14-22)16-18-7-4-10-20-15-18/h17-18,20H,1-16H2. The Morgan fingerprint density at radius 3 is 2.35 bits per heavy atom. The normalized spacial score (nSPS) is 28.0. The molecule has 1 aliphatic carbocycles. The third-order valence-electron chi connectivity index (χ3n) is 6.13. The van der Waals surface area contributed by atoms with Crippen molar-refractivity contribution in [3.8, 4) is 0 Å². The largest absolute Gasteiger partial charge is 0.340 e. The highest BCUT2D eigenvalue weighted by molar-refractivity contribution is 5.76. The third-order valence-corrected chi connectivity index (χ3v) is 6.13. The molecule has 0 radical (unpaired) electrons. The van der Waals surface area contributed by atoms with E-state index in [1.54, 1.807) is 0 Å². The summed E-state index contributed by atoms with van der Waals surface area (Å²) in [6.45, 7) is 7.64. The van der Waals surface area contributed by atoms with Crippen LogP contribution in [0, 0.1) is 11.8 Å². The number of piperidine rings is 1. The number of rotatable bonds is 5. The highest BCUT2D eigenvalue weighted by atomic mass is 16.2. The SMILES string of the molecule is O=C(CCC1CCCCC1)N1CCN(CC2CCCNC2)CC1. The Bertz CT molecular complexity index is 354. The molecule has 1 amide bonds. The van der Waals surface area contributed by atoms with Crippen molar-refractivity contribution in [2.24, 2.45) is 11.8 Å². The van der Waals surface area contributed by atoms with Gasteiger partial charge >= 0.3 is 0 Å². The van der Waals surface area contributed by atoms with Gasteiger partial charge in [0.15, 0.2) is 0 Å². The number of hydrogen-bond donors (Lipinski definition) is 1. The lowest BCUT2D eigenvalue weighted by Crippen LogP contribution is -2.50. The predicted octanol–water partition coefficient (Wildman–Crippen LogP) is 2.49. The first-order valence-electron chi connectivity index (χ1n) is 10.0. The molecule has 0 aromatic rings. The van der Waals surface area contributed by atoms with Gasteiger partial charge in [0.25, 0.3) is 0 Å². The van der Waals surface area contributed by atoms with E-state index < -0.39 is 0 Å². The zero-order valence-corrected chi connectivity index (χ0v) is 14.8. The Kier molecular flexibility index (Phi) is 6.76. The summed E-state index contributed by atoms with van der Waals surface area (Å²) in [5, 5.41) is 3.51. The van der Waals surface area contributed by atoms with Crippen LogP contribution in [0.25, 0.3) is 0 Å². The van der Waals surface area contributed by atoms with E-state index in [0.29, 0.717) is 5.91 Å². The number of carbonyl (C=O) groups is 1. The van der Waals surface area contributed by atoms with Crippen molar-refractivity contribution in [1.29, 1.82) is 0 Å². The van der Waals surface area contributed by atoms with E-state index in [4.69, 9.17) is 0 Å². The van der Waals surface area contributed by atoms with Gasteiger partial charge in [0, 0.05) is 39.1 Å². The first-order chi connectivity index (χ1) is 11.3. The Hall–Kier alpha value is -0.610. The summed E-state index contributed by atoms with van der Waals surface area (Å²) in [5.41, 5.74) is 0. The molecule has 1 unspecified atom stereocenters. The van der Waals surface area contributed by atoms with Gasteiger partial charge in [0.2, 0.25) is 5.91 Å². The molecular weight excluding hydrogens is 286 g/mol. The number of hydrogen-bond acceptors (Lipinski definition) is 3. The molecule has 0 spiro atoms. The summed E-state index contributed by atoms with van der Waals surface area (Å²) in [7, 11) is 0. The molecule has 23 heavy (non-hydrogen) atoms. The topological polar surface area (TPSA) is 35.6 Å². The molecule has 2 heterocycles. The molecule has 1 N–H and O–H groups in total. The first kappa shape index (κ1) is 17.2. The zero-order chi connectivity index (χ0) is 15.9. The van der Waals surface area contributed by atoms with E-state index >= 15 is 0 Å². The fourth-order valence-electron chi connectivity index (χ4n) is 4.59. The van der Waals surface area contributed by atoms with Crippen molar-refractivity contribution >= 4 is 5.91 Å². The van der Waals surface area contributed by atoms with Crippen LogP contribution in [0.4, 0.5) is 0 Å². The van der Waals surface area contributed by atoms with Crippen LogP contribution >= 0.6 is 0 Å². The van der Waals surface area contributed by atoms with Crippen LogP contribution in [-0.2, 0) is 4.79 Å². The van der Waals surface area contributed by atoms with E-state index in [-0.39, 0.29) is 0 Å². The fourth-order valence-corrected chi connectivity index (χ4v) is 4.59. The second-order valence-electron chi connectivity index (χ2n) is 7.94. The van der Waals surface area contributed by atoms with Gasteiger partial charge < -0.3 is 10.2 Å². The molecule has 2 saturated heterocycles. The molecule has 132 valence electrons. The summed E-state index contributed by atoms with van der Waals surface area (Å²) >= 11 is 0. The van der Waals surface area contributed by atoms with Crippen LogP contribution in [-0.4, -0.2) is 61.5 Å². The smallest absolute Gasteiger partial charge is 0.222 e. The van der Waals surface area contributed by atoms with Gasteiger partial charge in [0.05, 0.1) is 0 Å². The van der Waals surface area contributed by atoms with E-state index in [9.17, 15) is 4.79 Å². The van der Waals surface area contributed by atoms with Crippen molar-refractivity contribution in [3.05, 3.63) is 0 Å². The minimum absolute atomic E-state index is 0.412. The van der Waals surface area contributed by atoms with Gasteiger partial charge in [-0.1, -0.05) is 32.1 Å². The third kappa shape index (κ3) is 5.46. The number of nitrogens with zero attached hydrogens (tertiary/aromatic N) is 2. The zero-order valence-electron chi connectivity index (χ0n) is 14.8. The van der Waals surface area contributed by atoms with Gasteiger partial charge in [-0.15, -0.1) is 0 Å². The maximum Gasteiger partial charge on any atom is 0.222 e. The minimum Gasteiger partial charge on any atom is -0.340 e. The average molecular weight is 322 g/mol. The molecular formula is C19H35N3O. The second-order valence-corrected chi connectivity index (χ2v) is 7.94. The monoisotopic (exact) mass is 321 g/mol. The van der Waals surface area contributed by atoms with Gasteiger partial charge in [-0.2, -0.15) is 0 Å². The molecule has 0 aromatic heterocycles. The number of nitrogens with one attached hydrogen (secondary N) is 1. The summed E-state index contributed by atoms with van der Waals surface area (Å²) in [5.74, 6) is 2.06. The maximum atomic E-state index is 12.4. The van der Waals surface area contributed by atoms with Crippen LogP contribution in [0.3, 0.4) is 0 Å². The van der Waals surface area contributed by atoms with Crippen LogP contribution in [0.15, 0.2) is 0 Å². The van der Waals surface area contributed by atoms with Gasteiger partial charge in [0.1, 0.15) is 0 Å². The summed E-state index contributed by atoms with van der Waals surface area (Å²) in [6, 6.07) is 0. The Morgan fingerprint density at radius 1 is 0.913 bits per heavy atom. The highest BCUT2D eigenvalue weighted by Crippen LogP contribution is 2.27. The number of piperazine rings is 1. The molecule has 4 nitrogen and oxygen atoms in total. The van der Waals surface area contributed by atoms with E-state index in [1.807, 2.05) is 0 Å². The lowest BCUT2D eigenvalue weighted by atomic mass is 9.86. The molecule has 1 atom stereocenters. The van der Waals surface area contributed by atoms with Gasteiger partial charge in [-0.25, -0.2) is 0 Å². The molecule has 2 aliphatic heterocycles. The number of carbonyl (C=O) groups excluding carboxylic acids is 1. The van der Waals surface area contributed by atoms with Crippen molar-refractivity contribution < 1.29 is 4.79 Å². The minimum atomic E-state index is 0.412. The maximum absolute atomic E-state index is 12.4. The summed E-state index contributed by atoms with van der Waals surface area (Å²) < 4.78 is 0. The average Bonchev–Trinajstić information content (AvgIpc) is 2.62. The molecule has 3 fully saturated rings. The molecule has 1 saturated carbocycles. The van der Waals surface area contributed by atoms with E-state index in [0.717, 1.165) is 50.9 Å². The van der Waals surface area contributed by atoms with Crippen molar-refractivity contribution in [1.82, 2.24) is 15.1 Å². The van der Waals surface area contributed by atoms with Crippen molar-refractivity contribution in [3.63, 3.8) is 0 Å².